The summed E-state index contributed by atoms with van der Waals surface area (Å²) in [7, 11) is 0. The fourth-order valence-corrected chi connectivity index (χ4v) is 3.55. The molecule has 2 heterocycles. The van der Waals surface area contributed by atoms with E-state index >= 15 is 0 Å². The predicted octanol–water partition coefficient (Wildman–Crippen LogP) is 4.27. The Labute approximate surface area is 181 Å². The first kappa shape index (κ1) is 20.2. The number of pyridine rings is 1. The maximum Gasteiger partial charge on any atom is 0.301 e. The predicted molar refractivity (Wildman–Crippen MR) is 114 cm³/mol. The normalized spacial score (nSPS) is 17.7. The number of aromatic nitrogens is 1. The van der Waals surface area contributed by atoms with E-state index in [1.54, 1.807) is 30.3 Å². The van der Waals surface area contributed by atoms with Crippen LogP contribution in [0.25, 0.3) is 5.76 Å². The molecule has 0 aliphatic carbocycles. The van der Waals surface area contributed by atoms with E-state index in [0.29, 0.717) is 16.1 Å². The van der Waals surface area contributed by atoms with Crippen molar-refractivity contribution in [3.05, 3.63) is 105 Å². The van der Waals surface area contributed by atoms with E-state index in [-0.39, 0.29) is 22.8 Å². The molecule has 0 saturated carbocycles. The van der Waals surface area contributed by atoms with Crippen LogP contribution in [0.2, 0.25) is 5.02 Å². The van der Waals surface area contributed by atoms with Crippen LogP contribution in [0.3, 0.4) is 0 Å². The van der Waals surface area contributed by atoms with Gasteiger partial charge in [-0.05, 0) is 54.1 Å². The molecule has 0 spiro atoms. The summed E-state index contributed by atoms with van der Waals surface area (Å²) in [5.74, 6) is -1.92. The highest BCUT2D eigenvalue weighted by molar-refractivity contribution is 6.51. The van der Waals surface area contributed by atoms with E-state index in [4.69, 9.17) is 11.6 Å². The van der Waals surface area contributed by atoms with Crippen LogP contribution in [0.5, 0.6) is 0 Å². The lowest BCUT2D eigenvalue weighted by molar-refractivity contribution is -0.384. The molecule has 3 aromatic rings. The van der Waals surface area contributed by atoms with Crippen LogP contribution >= 0.6 is 11.6 Å². The van der Waals surface area contributed by atoms with Gasteiger partial charge in [-0.25, -0.2) is 4.98 Å². The third kappa shape index (κ3) is 3.64. The number of carbonyl (C=O) groups excluding carboxylic acids is 2. The van der Waals surface area contributed by atoms with E-state index in [1.807, 2.05) is 0 Å². The monoisotopic (exact) mass is 435 g/mol. The van der Waals surface area contributed by atoms with Gasteiger partial charge in [-0.15, -0.1) is 0 Å². The minimum atomic E-state index is -1.02. The lowest BCUT2D eigenvalue weighted by Gasteiger charge is -2.24. The van der Waals surface area contributed by atoms with Gasteiger partial charge in [0.05, 0.1) is 16.5 Å². The van der Waals surface area contributed by atoms with E-state index < -0.39 is 22.7 Å². The van der Waals surface area contributed by atoms with E-state index in [9.17, 15) is 24.8 Å². The molecule has 8 nitrogen and oxygen atoms in total. The van der Waals surface area contributed by atoms with Crippen LogP contribution in [0.4, 0.5) is 11.5 Å². The summed E-state index contributed by atoms with van der Waals surface area (Å²) in [5, 5.41) is 22.4. The van der Waals surface area contributed by atoms with Gasteiger partial charge in [0.15, 0.2) is 0 Å². The maximum atomic E-state index is 13.0. The second kappa shape index (κ2) is 8.00. The number of hydrogen-bond donors (Lipinski definition) is 1. The number of nitro groups is 1. The van der Waals surface area contributed by atoms with Crippen LogP contribution < -0.4 is 4.90 Å². The molecule has 1 amide bonds. The van der Waals surface area contributed by atoms with Gasteiger partial charge in [-0.2, -0.15) is 0 Å². The molecular formula is C22H14ClN3O5. The van der Waals surface area contributed by atoms with Crippen LogP contribution in [-0.4, -0.2) is 26.7 Å². The van der Waals surface area contributed by atoms with Gasteiger partial charge in [-0.1, -0.05) is 17.7 Å². The zero-order valence-corrected chi connectivity index (χ0v) is 16.6. The standard InChI is InChI=1S/C22H14ClN3O5/c23-15-8-4-14(5-9-15)20(27)18-19(13-6-10-16(11-7-13)26(30)31)25(22(29)21(18)28)17-3-1-2-12-24-17/h1-12,19,27H/t19-/m0/s1. The number of anilines is 1. The Morgan fingerprint density at radius 3 is 2.29 bits per heavy atom. The van der Waals surface area contributed by atoms with Crippen LogP contribution in [-0.2, 0) is 9.59 Å². The van der Waals surface area contributed by atoms with Crippen molar-refractivity contribution in [1.82, 2.24) is 4.98 Å². The molecule has 9 heteroatoms. The number of hydrogen-bond acceptors (Lipinski definition) is 6. The number of halogens is 1. The molecule has 0 bridgehead atoms. The Morgan fingerprint density at radius 2 is 1.71 bits per heavy atom. The van der Waals surface area contributed by atoms with Gasteiger partial charge < -0.3 is 5.11 Å². The lowest BCUT2D eigenvalue weighted by Crippen LogP contribution is -2.30. The Kier molecular flexibility index (Phi) is 5.22. The number of Topliss-reactive ketones (excluding diaryl/α,β-unsaturated/α-hetero) is 1. The average molecular weight is 436 g/mol. The van der Waals surface area contributed by atoms with Crippen molar-refractivity contribution in [3.8, 4) is 0 Å². The van der Waals surface area contributed by atoms with E-state index in [0.717, 1.165) is 0 Å². The Bertz CT molecular complexity index is 1210. The zero-order valence-electron chi connectivity index (χ0n) is 15.8. The van der Waals surface area contributed by atoms with Crippen LogP contribution in [0.1, 0.15) is 17.2 Å². The fraction of sp³-hybridized carbons (Fsp3) is 0.0455. The first-order valence-electron chi connectivity index (χ1n) is 9.11. The topological polar surface area (TPSA) is 114 Å². The first-order valence-corrected chi connectivity index (χ1v) is 9.48. The molecule has 1 aliphatic rings. The Hall–Kier alpha value is -4.04. The molecule has 2 aromatic carbocycles. The number of rotatable bonds is 4. The van der Waals surface area contributed by atoms with Gasteiger partial charge in [0.2, 0.25) is 0 Å². The van der Waals surface area contributed by atoms with Gasteiger partial charge >= 0.3 is 5.91 Å². The van der Waals surface area contributed by atoms with Crippen molar-refractivity contribution in [2.75, 3.05) is 4.90 Å². The quantitative estimate of drug-likeness (QED) is 0.215. The molecule has 1 aromatic heterocycles. The molecular weight excluding hydrogens is 422 g/mol. The molecule has 154 valence electrons. The number of nitrogens with zero attached hydrogens (tertiary/aromatic N) is 3. The summed E-state index contributed by atoms with van der Waals surface area (Å²) in [4.78, 5) is 41.7. The Balaban J connectivity index is 1.92. The summed E-state index contributed by atoms with van der Waals surface area (Å²) in [6.45, 7) is 0. The van der Waals surface area contributed by atoms with Crippen LogP contribution in [0.15, 0.2) is 78.5 Å². The molecule has 1 atom stereocenters. The van der Waals surface area contributed by atoms with Crippen molar-refractivity contribution in [1.29, 1.82) is 0 Å². The summed E-state index contributed by atoms with van der Waals surface area (Å²) in [5.41, 5.74) is 0.421. The zero-order chi connectivity index (χ0) is 22.1. The number of aliphatic hydroxyl groups is 1. The second-order valence-corrected chi connectivity index (χ2v) is 7.15. The van der Waals surface area contributed by atoms with Crippen molar-refractivity contribution in [2.45, 2.75) is 6.04 Å². The number of amides is 1. The third-order valence-corrected chi connectivity index (χ3v) is 5.13. The molecule has 31 heavy (non-hydrogen) atoms. The van der Waals surface area contributed by atoms with Gasteiger partial charge in [0.25, 0.3) is 11.5 Å². The van der Waals surface area contributed by atoms with Crippen molar-refractivity contribution in [2.24, 2.45) is 0 Å². The van der Waals surface area contributed by atoms with Crippen LogP contribution in [0, 0.1) is 10.1 Å². The SMILES string of the molecule is O=C1C(=O)N(c2ccccn2)[C@@H](c2ccc([N+](=O)[O-])cc2)C1=C(O)c1ccc(Cl)cc1. The van der Waals surface area contributed by atoms with Crippen molar-refractivity contribution < 1.29 is 19.6 Å². The van der Waals surface area contributed by atoms with Gasteiger partial charge in [0, 0.05) is 28.9 Å². The van der Waals surface area contributed by atoms with Gasteiger partial charge in [-0.3, -0.25) is 24.6 Å². The highest BCUT2D eigenvalue weighted by Gasteiger charge is 2.47. The number of carbonyl (C=O) groups is 2. The van der Waals surface area contributed by atoms with Gasteiger partial charge in [0.1, 0.15) is 11.6 Å². The van der Waals surface area contributed by atoms with E-state index in [1.165, 1.54) is 47.5 Å². The third-order valence-electron chi connectivity index (χ3n) is 4.88. The lowest BCUT2D eigenvalue weighted by atomic mass is 9.95. The molecule has 1 aliphatic heterocycles. The summed E-state index contributed by atoms with van der Waals surface area (Å²) < 4.78 is 0. The number of benzene rings is 2. The smallest absolute Gasteiger partial charge is 0.301 e. The largest absolute Gasteiger partial charge is 0.507 e. The molecule has 0 unspecified atom stereocenters. The minimum Gasteiger partial charge on any atom is -0.507 e. The molecule has 4 rings (SSSR count). The maximum absolute atomic E-state index is 13.0. The number of nitro benzene ring substituents is 1. The molecule has 0 radical (unpaired) electrons. The summed E-state index contributed by atoms with van der Waals surface area (Å²) >= 11 is 5.91. The highest BCUT2D eigenvalue weighted by atomic mass is 35.5. The number of non-ortho nitro benzene ring substituents is 1. The number of aliphatic hydroxyl groups excluding tert-OH is 1. The van der Waals surface area contributed by atoms with Crippen molar-refractivity contribution >= 4 is 40.6 Å². The average Bonchev–Trinajstić information content (AvgIpc) is 3.05. The minimum absolute atomic E-state index is 0.142. The van der Waals surface area contributed by atoms with Crippen molar-refractivity contribution in [3.63, 3.8) is 0 Å². The summed E-state index contributed by atoms with van der Waals surface area (Å²) in [6, 6.07) is 15.4. The molecule has 1 saturated heterocycles. The highest BCUT2D eigenvalue weighted by Crippen LogP contribution is 2.41. The fourth-order valence-electron chi connectivity index (χ4n) is 3.42. The Morgan fingerprint density at radius 1 is 1.03 bits per heavy atom. The van der Waals surface area contributed by atoms with E-state index in [2.05, 4.69) is 4.98 Å². The molecule has 1 N–H and O–H groups in total. The number of ketones is 1. The molecule has 1 fully saturated rings. The summed E-state index contributed by atoms with van der Waals surface area (Å²) in [6.07, 6.45) is 1.47. The first-order chi connectivity index (χ1) is 14.9. The second-order valence-electron chi connectivity index (χ2n) is 6.71.